The molecular formula is C16H20F2O2. The molecule has 0 N–H and O–H groups in total. The summed E-state index contributed by atoms with van der Waals surface area (Å²) in [5.74, 6) is 0.642. The van der Waals surface area contributed by atoms with Gasteiger partial charge in [-0.05, 0) is 48.6 Å². The Labute approximate surface area is 118 Å². The van der Waals surface area contributed by atoms with Gasteiger partial charge in [-0.2, -0.15) is 0 Å². The number of aryl methyl sites for hydroxylation is 1. The van der Waals surface area contributed by atoms with Gasteiger partial charge in [-0.15, -0.1) is 8.78 Å². The Morgan fingerprint density at radius 3 is 2.55 bits per heavy atom. The van der Waals surface area contributed by atoms with E-state index in [0.717, 1.165) is 25.7 Å². The maximum atomic E-state index is 12.9. The molecule has 1 aromatic carbocycles. The van der Waals surface area contributed by atoms with E-state index >= 15 is 0 Å². The number of alkyl halides is 2. The molecule has 3 atom stereocenters. The van der Waals surface area contributed by atoms with Crippen molar-refractivity contribution in [2.45, 2.75) is 50.9 Å². The fourth-order valence-corrected chi connectivity index (χ4v) is 3.34. The molecule has 4 heteroatoms. The van der Waals surface area contributed by atoms with Gasteiger partial charge in [0.25, 0.3) is 0 Å². The summed E-state index contributed by atoms with van der Waals surface area (Å²) in [6.45, 7) is 2.15. The summed E-state index contributed by atoms with van der Waals surface area (Å²) in [6, 6.07) is 8.66. The van der Waals surface area contributed by atoms with Crippen molar-refractivity contribution < 1.29 is 18.3 Å². The summed E-state index contributed by atoms with van der Waals surface area (Å²) < 4.78 is 34.9. The molecule has 1 aromatic rings. The lowest BCUT2D eigenvalue weighted by atomic mass is 9.93. The number of halogens is 2. The van der Waals surface area contributed by atoms with E-state index in [0.29, 0.717) is 5.92 Å². The molecule has 2 nitrogen and oxygen atoms in total. The summed E-state index contributed by atoms with van der Waals surface area (Å²) in [4.78, 5) is 0. The van der Waals surface area contributed by atoms with Gasteiger partial charge in [0.15, 0.2) is 0 Å². The van der Waals surface area contributed by atoms with Crippen LogP contribution in [-0.4, -0.2) is 19.0 Å². The Kier molecular flexibility index (Phi) is 3.78. The first-order valence-corrected chi connectivity index (χ1v) is 7.36. The predicted octanol–water partition coefficient (Wildman–Crippen LogP) is 4.10. The number of hydrogen-bond acceptors (Lipinski definition) is 2. The van der Waals surface area contributed by atoms with Crippen LogP contribution < -0.4 is 0 Å². The quantitative estimate of drug-likeness (QED) is 0.831. The third-order valence-corrected chi connectivity index (χ3v) is 4.56. The second-order valence-corrected chi connectivity index (χ2v) is 5.80. The fourth-order valence-electron chi connectivity index (χ4n) is 3.34. The van der Waals surface area contributed by atoms with E-state index in [9.17, 15) is 8.78 Å². The number of rotatable bonds is 3. The van der Waals surface area contributed by atoms with Gasteiger partial charge in [0.2, 0.25) is 0 Å². The average Bonchev–Trinajstić information content (AvgIpc) is 3.05. The molecule has 0 aromatic heterocycles. The smallest absolute Gasteiger partial charge is 0.293 e. The van der Waals surface area contributed by atoms with Crippen LogP contribution >= 0.6 is 0 Å². The highest BCUT2D eigenvalue weighted by Gasteiger charge is 2.47. The molecule has 1 aliphatic carbocycles. The van der Waals surface area contributed by atoms with E-state index in [-0.39, 0.29) is 12.5 Å². The Hall–Kier alpha value is -1.00. The monoisotopic (exact) mass is 282 g/mol. The molecule has 0 bridgehead atoms. The first-order valence-electron chi connectivity index (χ1n) is 7.36. The highest BCUT2D eigenvalue weighted by atomic mass is 19.3. The highest BCUT2D eigenvalue weighted by molar-refractivity contribution is 5.26. The minimum atomic E-state index is -3.38. The summed E-state index contributed by atoms with van der Waals surface area (Å²) >= 11 is 0. The van der Waals surface area contributed by atoms with E-state index in [1.807, 2.05) is 0 Å². The van der Waals surface area contributed by atoms with Crippen molar-refractivity contribution >= 4 is 0 Å². The van der Waals surface area contributed by atoms with E-state index in [2.05, 4.69) is 35.9 Å². The number of ether oxygens (including phenoxy) is 2. The molecule has 110 valence electrons. The zero-order valence-electron chi connectivity index (χ0n) is 11.6. The highest BCUT2D eigenvalue weighted by Crippen LogP contribution is 2.43. The second kappa shape index (κ2) is 5.41. The van der Waals surface area contributed by atoms with Gasteiger partial charge < -0.3 is 0 Å². The minimum absolute atomic E-state index is 0.0131. The molecule has 1 saturated carbocycles. The molecule has 1 heterocycles. The van der Waals surface area contributed by atoms with Gasteiger partial charge in [-0.25, -0.2) is 0 Å². The van der Waals surface area contributed by atoms with Gasteiger partial charge in [0, 0.05) is 0 Å². The van der Waals surface area contributed by atoms with Crippen LogP contribution in [0.4, 0.5) is 8.78 Å². The van der Waals surface area contributed by atoms with Crippen LogP contribution in [0.15, 0.2) is 24.3 Å². The number of benzene rings is 1. The van der Waals surface area contributed by atoms with Crippen molar-refractivity contribution in [1.29, 1.82) is 0 Å². The minimum Gasteiger partial charge on any atom is -0.293 e. The van der Waals surface area contributed by atoms with Crippen LogP contribution in [0.5, 0.6) is 0 Å². The molecular weight excluding hydrogens is 262 g/mol. The van der Waals surface area contributed by atoms with Gasteiger partial charge in [0.05, 0.1) is 12.7 Å². The molecule has 20 heavy (non-hydrogen) atoms. The van der Waals surface area contributed by atoms with E-state index < -0.39 is 12.4 Å². The largest absolute Gasteiger partial charge is 0.485 e. The van der Waals surface area contributed by atoms with Gasteiger partial charge in [0.1, 0.15) is 0 Å². The van der Waals surface area contributed by atoms with Gasteiger partial charge in [-0.1, -0.05) is 31.2 Å². The topological polar surface area (TPSA) is 18.5 Å². The molecule has 2 fully saturated rings. The molecule has 1 aliphatic heterocycles. The Morgan fingerprint density at radius 2 is 1.95 bits per heavy atom. The zero-order chi connectivity index (χ0) is 14.2. The second-order valence-electron chi connectivity index (χ2n) is 5.80. The summed E-state index contributed by atoms with van der Waals surface area (Å²) in [7, 11) is 0. The lowest BCUT2D eigenvalue weighted by Gasteiger charge is -2.17. The standard InChI is InChI=1S/C16H20F2O2/c1-2-11-3-5-12(6-4-11)13-7-8-14(9-13)15-10-19-16(17,18)20-15/h3-6,13-15H,2,7-10H2,1H3. The van der Waals surface area contributed by atoms with Crippen molar-refractivity contribution in [3.05, 3.63) is 35.4 Å². The lowest BCUT2D eigenvalue weighted by molar-refractivity contribution is -0.348. The molecule has 0 amide bonds. The maximum Gasteiger partial charge on any atom is 0.485 e. The van der Waals surface area contributed by atoms with Crippen LogP contribution in [-0.2, 0) is 15.9 Å². The van der Waals surface area contributed by atoms with E-state index in [1.165, 1.54) is 11.1 Å². The van der Waals surface area contributed by atoms with Crippen molar-refractivity contribution in [3.63, 3.8) is 0 Å². The summed E-state index contributed by atoms with van der Waals surface area (Å²) in [5.41, 5.74) is 2.64. The molecule has 0 radical (unpaired) electrons. The first-order chi connectivity index (χ1) is 9.57. The summed E-state index contributed by atoms with van der Waals surface area (Å²) in [5, 5.41) is 0. The fraction of sp³-hybridized carbons (Fsp3) is 0.625. The molecule has 2 aliphatic rings. The molecule has 1 saturated heterocycles. The Bertz CT molecular complexity index is 458. The Morgan fingerprint density at radius 1 is 1.20 bits per heavy atom. The first kappa shape index (κ1) is 14.0. The van der Waals surface area contributed by atoms with Crippen molar-refractivity contribution in [1.82, 2.24) is 0 Å². The lowest BCUT2D eigenvalue weighted by Crippen LogP contribution is -2.23. The predicted molar refractivity (Wildman–Crippen MR) is 71.7 cm³/mol. The third kappa shape index (κ3) is 2.86. The van der Waals surface area contributed by atoms with Crippen molar-refractivity contribution in [2.75, 3.05) is 6.61 Å². The van der Waals surface area contributed by atoms with E-state index in [1.54, 1.807) is 0 Å². The van der Waals surface area contributed by atoms with E-state index in [4.69, 9.17) is 4.74 Å². The van der Waals surface area contributed by atoms with Crippen LogP contribution in [0.2, 0.25) is 0 Å². The average molecular weight is 282 g/mol. The zero-order valence-corrected chi connectivity index (χ0v) is 11.6. The Balaban J connectivity index is 1.61. The SMILES string of the molecule is CCc1ccc(C2CCC(C3COC(F)(F)O3)C2)cc1. The molecule has 3 rings (SSSR count). The van der Waals surface area contributed by atoms with Crippen LogP contribution in [0.3, 0.4) is 0 Å². The summed E-state index contributed by atoms with van der Waals surface area (Å²) in [6.07, 6.45) is 0.0907. The maximum absolute atomic E-state index is 12.9. The van der Waals surface area contributed by atoms with Crippen molar-refractivity contribution in [2.24, 2.45) is 5.92 Å². The van der Waals surface area contributed by atoms with Crippen LogP contribution in [0.1, 0.15) is 43.2 Å². The van der Waals surface area contributed by atoms with Crippen LogP contribution in [0, 0.1) is 5.92 Å². The number of hydrogen-bond donors (Lipinski definition) is 0. The normalized spacial score (nSPS) is 32.6. The van der Waals surface area contributed by atoms with Crippen molar-refractivity contribution in [3.8, 4) is 0 Å². The molecule has 0 spiro atoms. The molecule has 3 unspecified atom stereocenters. The third-order valence-electron chi connectivity index (χ3n) is 4.56. The van der Waals surface area contributed by atoms with Gasteiger partial charge in [-0.3, -0.25) is 9.47 Å². The van der Waals surface area contributed by atoms with Gasteiger partial charge >= 0.3 is 6.29 Å². The van der Waals surface area contributed by atoms with Crippen LogP contribution in [0.25, 0.3) is 0 Å².